The number of fused-ring (bicyclic) bond motifs is 2. The summed E-state index contributed by atoms with van der Waals surface area (Å²) in [5.74, 6) is 1.79. The zero-order chi connectivity index (χ0) is 30.8. The van der Waals surface area contributed by atoms with Gasteiger partial charge in [-0.25, -0.2) is 0 Å². The van der Waals surface area contributed by atoms with Crippen molar-refractivity contribution in [1.82, 2.24) is 0 Å². The predicted molar refractivity (Wildman–Crippen MR) is 191 cm³/mol. The molecule has 0 aromatic heterocycles. The van der Waals surface area contributed by atoms with Crippen LogP contribution in [0.5, 0.6) is 17.2 Å². The Kier molecular flexibility index (Phi) is 9.12. The van der Waals surface area contributed by atoms with Crippen molar-refractivity contribution in [2.24, 2.45) is 0 Å². The van der Waals surface area contributed by atoms with Gasteiger partial charge in [0.15, 0.2) is 0 Å². The van der Waals surface area contributed by atoms with E-state index >= 15 is 0 Å². The second-order valence-electron chi connectivity index (χ2n) is 11.2. The molecule has 0 fully saturated rings. The van der Waals surface area contributed by atoms with Crippen LogP contribution in [0, 0.1) is 0 Å². The van der Waals surface area contributed by atoms with Crippen molar-refractivity contribution in [3.8, 4) is 28.4 Å². The summed E-state index contributed by atoms with van der Waals surface area (Å²) in [5.41, 5.74) is 3.05. The highest BCUT2D eigenvalue weighted by Gasteiger charge is 2.48. The lowest BCUT2D eigenvalue weighted by Gasteiger charge is -2.31. The average Bonchev–Trinajstić information content (AvgIpc) is 3.11. The molecule has 0 atom stereocenters. The molecule has 1 N–H and O–H groups in total. The van der Waals surface area contributed by atoms with E-state index in [1.165, 1.54) is 15.9 Å². The number of rotatable bonds is 8. The van der Waals surface area contributed by atoms with E-state index in [1.54, 1.807) is 14.2 Å². The first-order valence-electron chi connectivity index (χ1n) is 15.1. The van der Waals surface area contributed by atoms with E-state index in [0.717, 1.165) is 55.9 Å². The minimum Gasteiger partial charge on any atom is -1.00 e. The van der Waals surface area contributed by atoms with E-state index in [-0.39, 0.29) is 22.7 Å². The van der Waals surface area contributed by atoms with Gasteiger partial charge in [0.25, 0.3) is 0 Å². The van der Waals surface area contributed by atoms with Gasteiger partial charge >= 0.3 is 0 Å². The smallest absolute Gasteiger partial charge is 0.124 e. The number of ether oxygens (including phenoxy) is 2. The summed E-state index contributed by atoms with van der Waals surface area (Å²) >= 11 is 0. The molecule has 7 rings (SSSR count). The van der Waals surface area contributed by atoms with Crippen molar-refractivity contribution >= 4 is 44.7 Å². The van der Waals surface area contributed by atoms with Crippen LogP contribution in [0.25, 0.3) is 32.7 Å². The molecule has 228 valence electrons. The fraction of sp³-hybridized carbons (Fsp3) is 0.0732. The van der Waals surface area contributed by atoms with Gasteiger partial charge in [0.2, 0.25) is 0 Å². The molecule has 46 heavy (non-hydrogen) atoms. The van der Waals surface area contributed by atoms with Crippen molar-refractivity contribution in [2.45, 2.75) is 6.16 Å². The Labute approximate surface area is 281 Å². The van der Waals surface area contributed by atoms with Gasteiger partial charge in [-0.05, 0) is 75.6 Å². The van der Waals surface area contributed by atoms with Crippen LogP contribution in [0.3, 0.4) is 0 Å². The van der Waals surface area contributed by atoms with Crippen LogP contribution in [0.4, 0.5) is 0 Å². The Hall–Kier alpha value is -4.63. The zero-order valence-corrected chi connectivity index (χ0v) is 28.2. The Morgan fingerprint density at radius 3 is 1.54 bits per heavy atom. The van der Waals surface area contributed by atoms with E-state index in [1.807, 2.05) is 18.2 Å². The standard InChI is InChI=1S/C41H33O3P.BrH/c1-43-32-25-29(26-33(27-32)44-2)28-45(34-15-5-3-6-16-34,35-17-7-4-8-18-35)39-24-22-31-14-10-12-20-37(31)41(39)40-36-19-11-9-13-30(36)21-23-38(40)42;/h3-27H,28H2,1-2H3;1H. The summed E-state index contributed by atoms with van der Waals surface area (Å²) in [6.07, 6.45) is 0.728. The molecule has 0 bridgehead atoms. The van der Waals surface area contributed by atoms with Crippen LogP contribution in [0.1, 0.15) is 5.56 Å². The number of benzene rings is 7. The summed E-state index contributed by atoms with van der Waals surface area (Å²) in [6, 6.07) is 53.2. The summed E-state index contributed by atoms with van der Waals surface area (Å²) in [5, 5.41) is 19.8. The number of hydrogen-bond acceptors (Lipinski definition) is 3. The maximum atomic E-state index is 11.8. The minimum absolute atomic E-state index is 0. The highest BCUT2D eigenvalue weighted by Crippen LogP contribution is 2.61. The first-order valence-corrected chi connectivity index (χ1v) is 17.0. The Bertz CT molecular complexity index is 2070. The molecule has 0 amide bonds. The molecule has 0 aliphatic rings. The summed E-state index contributed by atoms with van der Waals surface area (Å²) in [7, 11) is 0.926. The quantitative estimate of drug-likeness (QED) is 0.203. The van der Waals surface area contributed by atoms with Crippen LogP contribution in [0.15, 0.2) is 152 Å². The van der Waals surface area contributed by atoms with Gasteiger partial charge in [-0.3, -0.25) is 0 Å². The fourth-order valence-electron chi connectivity index (χ4n) is 6.66. The van der Waals surface area contributed by atoms with Gasteiger partial charge in [-0.15, -0.1) is 0 Å². The number of aromatic hydroxyl groups is 1. The average molecular weight is 686 g/mol. The van der Waals surface area contributed by atoms with E-state index < -0.39 is 7.26 Å². The lowest BCUT2D eigenvalue weighted by Crippen LogP contribution is -3.00. The van der Waals surface area contributed by atoms with Gasteiger partial charge in [0.1, 0.15) is 40.4 Å². The normalized spacial score (nSPS) is 11.3. The minimum atomic E-state index is -2.46. The van der Waals surface area contributed by atoms with Crippen molar-refractivity contribution in [2.75, 3.05) is 14.2 Å². The molecule has 0 spiro atoms. The van der Waals surface area contributed by atoms with Crippen molar-refractivity contribution in [1.29, 1.82) is 0 Å². The molecule has 0 unspecified atom stereocenters. The zero-order valence-electron chi connectivity index (χ0n) is 25.7. The largest absolute Gasteiger partial charge is 1.00 e. The molecule has 0 heterocycles. The summed E-state index contributed by atoms with van der Waals surface area (Å²) in [4.78, 5) is 0. The molecule has 5 heteroatoms. The van der Waals surface area contributed by atoms with Crippen LogP contribution >= 0.6 is 7.26 Å². The molecule has 7 aromatic rings. The van der Waals surface area contributed by atoms with Crippen molar-refractivity contribution in [3.05, 3.63) is 157 Å². The fourth-order valence-corrected chi connectivity index (χ4v) is 11.1. The van der Waals surface area contributed by atoms with Crippen LogP contribution in [0.2, 0.25) is 0 Å². The molecule has 0 aliphatic heterocycles. The Morgan fingerprint density at radius 1 is 0.522 bits per heavy atom. The topological polar surface area (TPSA) is 38.7 Å². The van der Waals surface area contributed by atoms with E-state index in [9.17, 15) is 5.11 Å². The molecule has 0 aliphatic carbocycles. The molecule has 7 aromatic carbocycles. The van der Waals surface area contributed by atoms with Gasteiger partial charge in [-0.2, -0.15) is 0 Å². The Morgan fingerprint density at radius 2 is 1.00 bits per heavy atom. The van der Waals surface area contributed by atoms with Crippen molar-refractivity contribution in [3.63, 3.8) is 0 Å². The monoisotopic (exact) mass is 684 g/mol. The lowest BCUT2D eigenvalue weighted by atomic mass is 9.93. The number of phenols is 1. The Balaban J connectivity index is 0.00000372. The van der Waals surface area contributed by atoms with Gasteiger partial charge in [0.05, 0.1) is 20.4 Å². The maximum Gasteiger partial charge on any atom is 0.124 e. The highest BCUT2D eigenvalue weighted by atomic mass is 79.9. The third-order valence-corrected chi connectivity index (χ3v) is 13.1. The molecular formula is C41H34BrO3P. The predicted octanol–water partition coefficient (Wildman–Crippen LogP) is 5.88. The van der Waals surface area contributed by atoms with E-state index in [2.05, 4.69) is 133 Å². The number of phenolic OH excluding ortho intramolecular Hbond substituents is 1. The molecule has 0 radical (unpaired) electrons. The first kappa shape index (κ1) is 31.4. The highest BCUT2D eigenvalue weighted by molar-refractivity contribution is 7.95. The first-order chi connectivity index (χ1) is 22.1. The van der Waals surface area contributed by atoms with Crippen molar-refractivity contribution < 1.29 is 31.6 Å². The lowest BCUT2D eigenvalue weighted by molar-refractivity contribution is -0.0000103. The molecule has 0 saturated heterocycles. The van der Waals surface area contributed by atoms with Gasteiger partial charge in [-0.1, -0.05) is 97.1 Å². The number of halogens is 1. The van der Waals surface area contributed by atoms with E-state index in [4.69, 9.17) is 9.47 Å². The SMILES string of the molecule is COc1cc(C[P+](c2ccccc2)(c2ccccc2)c2ccc3ccccc3c2-c2c(O)ccc3ccccc23)cc(OC)c1.[Br-]. The summed E-state index contributed by atoms with van der Waals surface area (Å²) < 4.78 is 11.5. The molecule has 3 nitrogen and oxygen atoms in total. The second kappa shape index (κ2) is 13.4. The molecule has 0 saturated carbocycles. The third-order valence-electron chi connectivity index (χ3n) is 8.70. The van der Waals surface area contributed by atoms with Crippen LogP contribution in [-0.2, 0) is 6.16 Å². The number of hydrogen-bond donors (Lipinski definition) is 1. The van der Waals surface area contributed by atoms with Crippen LogP contribution < -0.4 is 42.4 Å². The van der Waals surface area contributed by atoms with Gasteiger partial charge in [0, 0.05) is 17.2 Å². The summed E-state index contributed by atoms with van der Waals surface area (Å²) in [6.45, 7) is 0. The van der Waals surface area contributed by atoms with Crippen LogP contribution in [-0.4, -0.2) is 19.3 Å². The number of methoxy groups -OCH3 is 2. The third kappa shape index (κ3) is 5.53. The van der Waals surface area contributed by atoms with E-state index in [0.29, 0.717) is 0 Å². The molecular weight excluding hydrogens is 651 g/mol. The van der Waals surface area contributed by atoms with Gasteiger partial charge < -0.3 is 31.6 Å². The second-order valence-corrected chi connectivity index (χ2v) is 14.7. The maximum absolute atomic E-state index is 11.8.